The Balaban J connectivity index is 2.36. The number of ether oxygens (including phenoxy) is 1. The number of halogens is 1. The topological polar surface area (TPSA) is 21.3 Å². The number of hydrogen-bond acceptors (Lipinski definition) is 2. The highest BCUT2D eigenvalue weighted by molar-refractivity contribution is 6.30. The molecule has 0 fully saturated rings. The number of rotatable bonds is 5. The van der Waals surface area contributed by atoms with E-state index in [2.05, 4.69) is 25.2 Å². The summed E-state index contributed by atoms with van der Waals surface area (Å²) in [6.45, 7) is 5.07. The Hall–Kier alpha value is -1.51. The second-order valence-corrected chi connectivity index (χ2v) is 5.51. The lowest BCUT2D eigenvalue weighted by Crippen LogP contribution is -2.06. The van der Waals surface area contributed by atoms with Gasteiger partial charge in [0.2, 0.25) is 0 Å². The van der Waals surface area contributed by atoms with Crippen LogP contribution in [0.15, 0.2) is 42.5 Å². The summed E-state index contributed by atoms with van der Waals surface area (Å²) in [6.07, 6.45) is 0. The highest BCUT2D eigenvalue weighted by Gasteiger charge is 2.10. The number of hydrogen-bond donors (Lipinski definition) is 1. The molecule has 2 rings (SSSR count). The minimum atomic E-state index is 0.415. The number of para-hydroxylation sites is 1. The van der Waals surface area contributed by atoms with E-state index < -0.39 is 0 Å². The predicted octanol–water partition coefficient (Wildman–Crippen LogP) is 4.98. The van der Waals surface area contributed by atoms with Crippen molar-refractivity contribution < 1.29 is 4.74 Å². The maximum absolute atomic E-state index is 6.11. The van der Waals surface area contributed by atoms with Crippen LogP contribution in [0.2, 0.25) is 5.02 Å². The Morgan fingerprint density at radius 2 is 1.85 bits per heavy atom. The van der Waals surface area contributed by atoms with Gasteiger partial charge in [-0.05, 0) is 36.7 Å². The van der Waals surface area contributed by atoms with E-state index in [1.54, 1.807) is 0 Å². The Morgan fingerprint density at radius 1 is 1.10 bits per heavy atom. The van der Waals surface area contributed by atoms with Gasteiger partial charge in [0.05, 0.1) is 0 Å². The van der Waals surface area contributed by atoms with Gasteiger partial charge in [0.25, 0.3) is 0 Å². The summed E-state index contributed by atoms with van der Waals surface area (Å²) in [6, 6.07) is 13.9. The summed E-state index contributed by atoms with van der Waals surface area (Å²) in [4.78, 5) is 0. The molecule has 0 saturated carbocycles. The first-order valence-electron chi connectivity index (χ1n) is 6.81. The van der Waals surface area contributed by atoms with Crippen LogP contribution in [0, 0.1) is 0 Å². The fourth-order valence-electron chi connectivity index (χ4n) is 2.13. The molecule has 0 bridgehead atoms. The first-order chi connectivity index (χ1) is 9.61. The Labute approximate surface area is 125 Å². The zero-order valence-electron chi connectivity index (χ0n) is 12.1. The lowest BCUT2D eigenvalue weighted by Gasteiger charge is -2.16. The van der Waals surface area contributed by atoms with Crippen LogP contribution in [0.25, 0.3) is 0 Å². The Morgan fingerprint density at radius 3 is 2.55 bits per heavy atom. The summed E-state index contributed by atoms with van der Waals surface area (Å²) in [5.41, 5.74) is 2.29. The van der Waals surface area contributed by atoms with Gasteiger partial charge in [-0.2, -0.15) is 0 Å². The van der Waals surface area contributed by atoms with E-state index in [9.17, 15) is 0 Å². The quantitative estimate of drug-likeness (QED) is 0.838. The molecule has 3 heteroatoms. The van der Waals surface area contributed by atoms with Crippen molar-refractivity contribution in [3.8, 4) is 11.5 Å². The molecule has 2 aromatic carbocycles. The van der Waals surface area contributed by atoms with Gasteiger partial charge in [0.15, 0.2) is 0 Å². The van der Waals surface area contributed by atoms with E-state index in [0.717, 1.165) is 23.6 Å². The molecular weight excluding hydrogens is 270 g/mol. The van der Waals surface area contributed by atoms with Gasteiger partial charge in [-0.3, -0.25) is 0 Å². The van der Waals surface area contributed by atoms with Crippen molar-refractivity contribution in [1.29, 1.82) is 0 Å². The van der Waals surface area contributed by atoms with Crippen molar-refractivity contribution in [2.24, 2.45) is 0 Å². The van der Waals surface area contributed by atoms with Gasteiger partial charge in [-0.25, -0.2) is 0 Å². The van der Waals surface area contributed by atoms with Crippen molar-refractivity contribution in [3.63, 3.8) is 0 Å². The van der Waals surface area contributed by atoms with Crippen molar-refractivity contribution in [3.05, 3.63) is 58.6 Å². The van der Waals surface area contributed by atoms with Gasteiger partial charge in [0.1, 0.15) is 11.5 Å². The van der Waals surface area contributed by atoms with Gasteiger partial charge in [-0.1, -0.05) is 49.7 Å². The highest BCUT2D eigenvalue weighted by atomic mass is 35.5. The molecule has 0 radical (unpaired) electrons. The molecule has 2 nitrogen and oxygen atoms in total. The first-order valence-corrected chi connectivity index (χ1v) is 7.19. The average Bonchev–Trinajstić information content (AvgIpc) is 2.42. The van der Waals surface area contributed by atoms with Crippen molar-refractivity contribution in [2.45, 2.75) is 26.3 Å². The van der Waals surface area contributed by atoms with Crippen LogP contribution in [0.5, 0.6) is 11.5 Å². The fourth-order valence-corrected chi connectivity index (χ4v) is 2.29. The molecule has 0 heterocycles. The van der Waals surface area contributed by atoms with Crippen LogP contribution in [-0.4, -0.2) is 7.05 Å². The number of benzene rings is 2. The van der Waals surface area contributed by atoms with Gasteiger partial charge in [-0.15, -0.1) is 0 Å². The molecule has 2 aromatic rings. The molecule has 0 unspecified atom stereocenters. The summed E-state index contributed by atoms with van der Waals surface area (Å²) < 4.78 is 6.11. The maximum atomic E-state index is 6.11. The van der Waals surface area contributed by atoms with E-state index in [1.165, 1.54) is 5.56 Å². The van der Waals surface area contributed by atoms with Crippen LogP contribution in [0.4, 0.5) is 0 Å². The normalized spacial score (nSPS) is 10.8. The van der Waals surface area contributed by atoms with Crippen molar-refractivity contribution >= 4 is 11.6 Å². The molecule has 20 heavy (non-hydrogen) atoms. The summed E-state index contributed by atoms with van der Waals surface area (Å²) >= 11 is 6.09. The minimum absolute atomic E-state index is 0.415. The molecular formula is C17H20ClNO. The summed E-state index contributed by atoms with van der Waals surface area (Å²) in [7, 11) is 1.92. The maximum Gasteiger partial charge on any atom is 0.133 e. The van der Waals surface area contributed by atoms with E-state index in [1.807, 2.05) is 43.4 Å². The average molecular weight is 290 g/mol. The second kappa shape index (κ2) is 6.78. The molecule has 0 aromatic heterocycles. The molecule has 0 aliphatic carbocycles. The molecule has 0 spiro atoms. The number of nitrogens with one attached hydrogen (secondary N) is 1. The van der Waals surface area contributed by atoms with Crippen molar-refractivity contribution in [2.75, 3.05) is 7.05 Å². The molecule has 0 aliphatic heterocycles. The van der Waals surface area contributed by atoms with E-state index in [4.69, 9.17) is 16.3 Å². The van der Waals surface area contributed by atoms with Crippen LogP contribution in [0.1, 0.15) is 30.9 Å². The third-order valence-corrected chi connectivity index (χ3v) is 3.39. The van der Waals surface area contributed by atoms with Crippen LogP contribution < -0.4 is 10.1 Å². The second-order valence-electron chi connectivity index (χ2n) is 5.08. The van der Waals surface area contributed by atoms with Gasteiger partial charge >= 0.3 is 0 Å². The molecule has 1 N–H and O–H groups in total. The fraction of sp³-hybridized carbons (Fsp3) is 0.294. The van der Waals surface area contributed by atoms with Gasteiger partial charge in [0, 0.05) is 17.1 Å². The Bertz CT molecular complexity index is 581. The van der Waals surface area contributed by atoms with Crippen LogP contribution in [0.3, 0.4) is 0 Å². The predicted molar refractivity (Wildman–Crippen MR) is 84.8 cm³/mol. The SMILES string of the molecule is CNCc1ccc(Cl)cc1Oc1ccccc1C(C)C. The van der Waals surface area contributed by atoms with E-state index >= 15 is 0 Å². The minimum Gasteiger partial charge on any atom is -0.457 e. The Kier molecular flexibility index (Phi) is 5.05. The largest absolute Gasteiger partial charge is 0.457 e. The lowest BCUT2D eigenvalue weighted by molar-refractivity contribution is 0.465. The molecule has 0 saturated heterocycles. The first kappa shape index (κ1) is 14.9. The summed E-state index contributed by atoms with van der Waals surface area (Å²) in [5.74, 6) is 2.11. The molecule has 0 amide bonds. The van der Waals surface area contributed by atoms with Crippen molar-refractivity contribution in [1.82, 2.24) is 5.32 Å². The van der Waals surface area contributed by atoms with Crippen LogP contribution in [-0.2, 0) is 6.54 Å². The third-order valence-electron chi connectivity index (χ3n) is 3.16. The molecule has 106 valence electrons. The van der Waals surface area contributed by atoms with Crippen LogP contribution >= 0.6 is 11.6 Å². The van der Waals surface area contributed by atoms with E-state index in [0.29, 0.717) is 10.9 Å². The van der Waals surface area contributed by atoms with E-state index in [-0.39, 0.29) is 0 Å². The molecule has 0 aliphatic rings. The zero-order valence-corrected chi connectivity index (χ0v) is 12.9. The highest BCUT2D eigenvalue weighted by Crippen LogP contribution is 2.33. The monoisotopic (exact) mass is 289 g/mol. The zero-order chi connectivity index (χ0) is 14.5. The third kappa shape index (κ3) is 3.53. The lowest BCUT2D eigenvalue weighted by atomic mass is 10.0. The molecule has 0 atom stereocenters. The summed E-state index contributed by atoms with van der Waals surface area (Å²) in [5, 5.41) is 3.83. The van der Waals surface area contributed by atoms with Gasteiger partial charge < -0.3 is 10.1 Å². The standard InChI is InChI=1S/C17H20ClNO/c1-12(2)15-6-4-5-7-16(15)20-17-10-14(18)9-8-13(17)11-19-3/h4-10,12,19H,11H2,1-3H3. The smallest absolute Gasteiger partial charge is 0.133 e.